The Hall–Kier alpha value is -0.905. The minimum Gasteiger partial charge on any atom is -0.399 e. The molecule has 0 saturated carbocycles. The largest absolute Gasteiger partial charge is 0.497 e. The molecule has 1 aromatic rings. The van der Waals surface area contributed by atoms with Crippen molar-refractivity contribution in [2.24, 2.45) is 0 Å². The summed E-state index contributed by atoms with van der Waals surface area (Å²) in [4.78, 5) is 0. The zero-order valence-electron chi connectivity index (χ0n) is 12.9. The molecule has 1 saturated heterocycles. The van der Waals surface area contributed by atoms with E-state index in [1.807, 2.05) is 40.8 Å². The lowest BCUT2D eigenvalue weighted by atomic mass is 9.78. The third-order valence-corrected chi connectivity index (χ3v) is 4.24. The Bertz CT molecular complexity index is 475. The summed E-state index contributed by atoms with van der Waals surface area (Å²) in [5, 5.41) is 3.06. The first-order chi connectivity index (χ1) is 9.27. The lowest BCUT2D eigenvalue weighted by Crippen LogP contribution is -2.41. The van der Waals surface area contributed by atoms with Gasteiger partial charge in [0, 0.05) is 5.46 Å². The fourth-order valence-corrected chi connectivity index (χ4v) is 2.16. The molecule has 1 aromatic carbocycles. The molecule has 0 radical (unpaired) electrons. The Kier molecular flexibility index (Phi) is 4.23. The Morgan fingerprint density at radius 1 is 1.15 bits per heavy atom. The predicted molar refractivity (Wildman–Crippen MR) is 79.7 cm³/mol. The standard InChI is InChI=1S/C15H23BFNO2/c1-14(2)15(3,4)20-16(19-14)12-7-6-11(8-9-18-5)10-13(12)17/h6-7,10,18H,8-9H2,1-5H3. The van der Waals surface area contributed by atoms with Crippen LogP contribution in [0, 0.1) is 5.82 Å². The van der Waals surface area contributed by atoms with Gasteiger partial charge < -0.3 is 14.6 Å². The molecular weight excluding hydrogens is 256 g/mol. The maximum atomic E-state index is 14.3. The Morgan fingerprint density at radius 2 is 1.75 bits per heavy atom. The first-order valence-corrected chi connectivity index (χ1v) is 7.05. The maximum Gasteiger partial charge on any atom is 0.497 e. The molecule has 0 amide bonds. The number of benzene rings is 1. The highest BCUT2D eigenvalue weighted by Gasteiger charge is 2.52. The quantitative estimate of drug-likeness (QED) is 0.854. The number of nitrogens with one attached hydrogen (secondary N) is 1. The molecule has 110 valence electrons. The minimum absolute atomic E-state index is 0.267. The summed E-state index contributed by atoms with van der Waals surface area (Å²) in [7, 11) is 1.24. The van der Waals surface area contributed by atoms with E-state index >= 15 is 0 Å². The summed E-state index contributed by atoms with van der Waals surface area (Å²) < 4.78 is 26.0. The summed E-state index contributed by atoms with van der Waals surface area (Å²) in [6, 6.07) is 5.26. The number of likely N-dealkylation sites (N-methyl/N-ethyl adjacent to an activating group) is 1. The number of halogens is 1. The lowest BCUT2D eigenvalue weighted by molar-refractivity contribution is 0.00578. The molecule has 2 rings (SSSR count). The molecule has 20 heavy (non-hydrogen) atoms. The van der Waals surface area contributed by atoms with Crippen LogP contribution in [-0.2, 0) is 15.7 Å². The van der Waals surface area contributed by atoms with Gasteiger partial charge in [0.25, 0.3) is 0 Å². The Balaban J connectivity index is 2.19. The highest BCUT2D eigenvalue weighted by Crippen LogP contribution is 2.36. The van der Waals surface area contributed by atoms with Crippen molar-refractivity contribution < 1.29 is 13.7 Å². The average molecular weight is 279 g/mol. The van der Waals surface area contributed by atoms with Crippen molar-refractivity contribution in [2.75, 3.05) is 13.6 Å². The smallest absolute Gasteiger partial charge is 0.399 e. The molecule has 3 nitrogen and oxygen atoms in total. The SMILES string of the molecule is CNCCc1ccc(B2OC(C)(C)C(C)(C)O2)c(F)c1. The third-order valence-electron chi connectivity index (χ3n) is 4.24. The van der Waals surface area contributed by atoms with E-state index < -0.39 is 18.3 Å². The van der Waals surface area contributed by atoms with E-state index in [0.29, 0.717) is 5.46 Å². The van der Waals surface area contributed by atoms with Crippen LogP contribution in [-0.4, -0.2) is 31.9 Å². The second-order valence-corrected chi connectivity index (χ2v) is 6.30. The van der Waals surface area contributed by atoms with Crippen LogP contribution in [0.4, 0.5) is 4.39 Å². The van der Waals surface area contributed by atoms with Gasteiger partial charge in [-0.1, -0.05) is 12.1 Å². The fraction of sp³-hybridized carbons (Fsp3) is 0.600. The summed E-state index contributed by atoms with van der Waals surface area (Å²) in [6.07, 6.45) is 0.803. The monoisotopic (exact) mass is 279 g/mol. The van der Waals surface area contributed by atoms with Crippen molar-refractivity contribution in [3.63, 3.8) is 0 Å². The number of hydrogen-bond acceptors (Lipinski definition) is 3. The van der Waals surface area contributed by atoms with E-state index in [-0.39, 0.29) is 5.82 Å². The van der Waals surface area contributed by atoms with Crippen LogP contribution < -0.4 is 10.8 Å². The van der Waals surface area contributed by atoms with Crippen LogP contribution in [0.2, 0.25) is 0 Å². The summed E-state index contributed by atoms with van der Waals surface area (Å²) in [5.74, 6) is -0.267. The molecule has 0 aliphatic carbocycles. The second-order valence-electron chi connectivity index (χ2n) is 6.30. The summed E-state index contributed by atoms with van der Waals surface area (Å²) in [5.41, 5.74) is 0.540. The van der Waals surface area contributed by atoms with Crippen molar-refractivity contribution >= 4 is 12.6 Å². The van der Waals surface area contributed by atoms with Crippen molar-refractivity contribution in [1.29, 1.82) is 0 Å². The van der Waals surface area contributed by atoms with Crippen LogP contribution in [0.25, 0.3) is 0 Å². The molecule has 1 aliphatic heterocycles. The molecule has 1 heterocycles. The molecule has 1 fully saturated rings. The molecule has 1 aliphatic rings. The van der Waals surface area contributed by atoms with Crippen LogP contribution in [0.3, 0.4) is 0 Å². The first-order valence-electron chi connectivity index (χ1n) is 7.05. The van der Waals surface area contributed by atoms with Gasteiger partial charge in [-0.3, -0.25) is 0 Å². The number of rotatable bonds is 4. The average Bonchev–Trinajstić information content (AvgIpc) is 2.55. The third kappa shape index (κ3) is 2.90. The molecule has 0 atom stereocenters. The minimum atomic E-state index is -0.640. The maximum absolute atomic E-state index is 14.3. The van der Waals surface area contributed by atoms with Gasteiger partial charge >= 0.3 is 7.12 Å². The highest BCUT2D eigenvalue weighted by molar-refractivity contribution is 6.62. The zero-order chi connectivity index (χ0) is 15.0. The van der Waals surface area contributed by atoms with Crippen molar-refractivity contribution in [3.8, 4) is 0 Å². The van der Waals surface area contributed by atoms with Gasteiger partial charge in [-0.05, 0) is 59.3 Å². The second kappa shape index (κ2) is 5.47. The molecule has 0 unspecified atom stereocenters. The lowest BCUT2D eigenvalue weighted by Gasteiger charge is -2.32. The fourth-order valence-electron chi connectivity index (χ4n) is 2.16. The van der Waals surface area contributed by atoms with Gasteiger partial charge in [0.2, 0.25) is 0 Å². The van der Waals surface area contributed by atoms with Crippen LogP contribution in [0.15, 0.2) is 18.2 Å². The van der Waals surface area contributed by atoms with Crippen LogP contribution in [0.1, 0.15) is 33.3 Å². The van der Waals surface area contributed by atoms with E-state index in [1.165, 1.54) is 0 Å². The topological polar surface area (TPSA) is 30.5 Å². The molecular formula is C15H23BFNO2. The Morgan fingerprint density at radius 3 is 2.25 bits per heavy atom. The summed E-state index contributed by atoms with van der Waals surface area (Å²) >= 11 is 0. The van der Waals surface area contributed by atoms with E-state index in [4.69, 9.17) is 9.31 Å². The predicted octanol–water partition coefficient (Wildman–Crippen LogP) is 1.89. The van der Waals surface area contributed by atoms with Gasteiger partial charge in [-0.2, -0.15) is 0 Å². The first kappa shape index (κ1) is 15.5. The molecule has 1 N–H and O–H groups in total. The van der Waals surface area contributed by atoms with Gasteiger partial charge in [0.15, 0.2) is 0 Å². The van der Waals surface area contributed by atoms with Gasteiger partial charge in [0.1, 0.15) is 5.82 Å². The van der Waals surface area contributed by atoms with Crippen molar-refractivity contribution in [1.82, 2.24) is 5.32 Å². The van der Waals surface area contributed by atoms with E-state index in [1.54, 1.807) is 12.1 Å². The highest BCUT2D eigenvalue weighted by atomic mass is 19.1. The molecule has 0 bridgehead atoms. The molecule has 5 heteroatoms. The Labute approximate surface area is 121 Å². The number of hydrogen-bond donors (Lipinski definition) is 1. The van der Waals surface area contributed by atoms with E-state index in [2.05, 4.69) is 5.32 Å². The van der Waals surface area contributed by atoms with E-state index in [9.17, 15) is 4.39 Å². The molecule has 0 spiro atoms. The van der Waals surface area contributed by atoms with Gasteiger partial charge in [0.05, 0.1) is 11.2 Å². The zero-order valence-corrected chi connectivity index (χ0v) is 12.9. The van der Waals surface area contributed by atoms with Crippen LogP contribution in [0.5, 0.6) is 0 Å². The van der Waals surface area contributed by atoms with Crippen LogP contribution >= 0.6 is 0 Å². The summed E-state index contributed by atoms with van der Waals surface area (Å²) in [6.45, 7) is 8.69. The van der Waals surface area contributed by atoms with Crippen molar-refractivity contribution in [3.05, 3.63) is 29.6 Å². The van der Waals surface area contributed by atoms with E-state index in [0.717, 1.165) is 18.5 Å². The molecule has 0 aromatic heterocycles. The van der Waals surface area contributed by atoms with Gasteiger partial charge in [-0.15, -0.1) is 0 Å². The normalized spacial score (nSPS) is 20.4. The van der Waals surface area contributed by atoms with Gasteiger partial charge in [-0.25, -0.2) is 4.39 Å². The van der Waals surface area contributed by atoms with Crippen molar-refractivity contribution in [2.45, 2.75) is 45.3 Å².